The third kappa shape index (κ3) is 3.84. The first-order valence-corrected chi connectivity index (χ1v) is 14.1. The molecule has 0 spiro atoms. The molecule has 0 radical (unpaired) electrons. The number of carbonyl (C=O) groups excluding carboxylic acids is 1. The average molecular weight is 447 g/mol. The second-order valence-electron chi connectivity index (χ2n) is 11.2. The van der Waals surface area contributed by atoms with Crippen molar-refractivity contribution in [2.24, 2.45) is 23.2 Å². The highest BCUT2D eigenvalue weighted by Crippen LogP contribution is 2.54. The van der Waals surface area contributed by atoms with E-state index in [9.17, 15) is 4.79 Å². The molecule has 0 unspecified atom stereocenters. The Balaban J connectivity index is 1.77. The average Bonchev–Trinajstić information content (AvgIpc) is 3.16. The Bertz CT molecular complexity index is 920. The number of aldehydes is 1. The standard InChI is InChI=1S/C29H38O2Si/c1-22-23(19-29(5)18-12-17-27(29)26(22)20-30)21-31-32(28(2,3)4,24-13-8-6-9-14-24)25-15-10-7-11-16-25/h6-11,13-16,19-20,22,26-27H,12,17-18,21H2,1-5H3/t22-,26-,27+,29-/m1/s1. The van der Waals surface area contributed by atoms with Crippen molar-refractivity contribution >= 4 is 25.0 Å². The number of fused-ring (bicyclic) bond motifs is 1. The maximum atomic E-state index is 12.1. The quantitative estimate of drug-likeness (QED) is 0.320. The van der Waals surface area contributed by atoms with Crippen molar-refractivity contribution < 1.29 is 9.22 Å². The fraction of sp³-hybridized carbons (Fsp3) is 0.483. The largest absolute Gasteiger partial charge is 0.403 e. The topological polar surface area (TPSA) is 26.3 Å². The second kappa shape index (κ2) is 8.76. The van der Waals surface area contributed by atoms with Gasteiger partial charge in [-0.15, -0.1) is 0 Å². The monoisotopic (exact) mass is 446 g/mol. The molecule has 4 atom stereocenters. The van der Waals surface area contributed by atoms with Crippen LogP contribution in [0.2, 0.25) is 5.04 Å². The molecule has 0 bridgehead atoms. The Morgan fingerprint density at radius 2 is 1.59 bits per heavy atom. The summed E-state index contributed by atoms with van der Waals surface area (Å²) in [5, 5.41) is 2.57. The van der Waals surface area contributed by atoms with Crippen LogP contribution in [0.1, 0.15) is 53.9 Å². The molecule has 2 nitrogen and oxygen atoms in total. The minimum absolute atomic E-state index is 0.0436. The van der Waals surface area contributed by atoms with Gasteiger partial charge in [0.25, 0.3) is 8.32 Å². The highest BCUT2D eigenvalue weighted by atomic mass is 28.4. The fourth-order valence-corrected chi connectivity index (χ4v) is 11.1. The number of hydrogen-bond acceptors (Lipinski definition) is 2. The fourth-order valence-electron chi connectivity index (χ4n) is 6.52. The van der Waals surface area contributed by atoms with E-state index in [1.165, 1.54) is 41.5 Å². The summed E-state index contributed by atoms with van der Waals surface area (Å²) in [4.78, 5) is 12.1. The Morgan fingerprint density at radius 1 is 1.03 bits per heavy atom. The zero-order valence-corrected chi connectivity index (χ0v) is 21.3. The molecule has 2 aromatic carbocycles. The van der Waals surface area contributed by atoms with Crippen LogP contribution in [0, 0.1) is 23.2 Å². The molecule has 1 saturated carbocycles. The number of carbonyl (C=O) groups is 1. The summed E-state index contributed by atoms with van der Waals surface area (Å²) in [7, 11) is -2.58. The molecule has 32 heavy (non-hydrogen) atoms. The van der Waals surface area contributed by atoms with Crippen LogP contribution < -0.4 is 10.4 Å². The molecule has 2 aliphatic carbocycles. The molecule has 0 aliphatic heterocycles. The Hall–Kier alpha value is -1.97. The number of benzene rings is 2. The molecule has 0 heterocycles. The van der Waals surface area contributed by atoms with E-state index in [2.05, 4.69) is 101 Å². The van der Waals surface area contributed by atoms with Crippen LogP contribution in [0.15, 0.2) is 72.3 Å². The maximum absolute atomic E-state index is 12.1. The van der Waals surface area contributed by atoms with Gasteiger partial charge in [0, 0.05) is 5.92 Å². The van der Waals surface area contributed by atoms with Crippen LogP contribution >= 0.6 is 0 Å². The van der Waals surface area contributed by atoms with Gasteiger partial charge in [-0.25, -0.2) is 0 Å². The van der Waals surface area contributed by atoms with Crippen LogP contribution in [0.25, 0.3) is 0 Å². The lowest BCUT2D eigenvalue weighted by atomic mass is 9.63. The van der Waals surface area contributed by atoms with Crippen LogP contribution in [0.4, 0.5) is 0 Å². The van der Waals surface area contributed by atoms with Crippen LogP contribution in [-0.4, -0.2) is 21.2 Å². The van der Waals surface area contributed by atoms with Crippen molar-refractivity contribution in [3.8, 4) is 0 Å². The number of rotatable bonds is 6. The third-order valence-electron chi connectivity index (χ3n) is 8.25. The Kier molecular flexibility index (Phi) is 6.35. The molecule has 170 valence electrons. The summed E-state index contributed by atoms with van der Waals surface area (Å²) in [5.41, 5.74) is 1.44. The summed E-state index contributed by atoms with van der Waals surface area (Å²) >= 11 is 0. The predicted octanol–water partition coefficient (Wildman–Crippen LogP) is 5.76. The van der Waals surface area contributed by atoms with Gasteiger partial charge in [-0.1, -0.05) is 108 Å². The first kappa shape index (κ1) is 23.2. The molecular formula is C29H38O2Si. The van der Waals surface area contributed by atoms with Crippen molar-refractivity contribution in [2.75, 3.05) is 6.61 Å². The van der Waals surface area contributed by atoms with Crippen molar-refractivity contribution in [3.63, 3.8) is 0 Å². The van der Waals surface area contributed by atoms with Crippen molar-refractivity contribution in [1.29, 1.82) is 0 Å². The lowest BCUT2D eigenvalue weighted by Crippen LogP contribution is -2.66. The summed E-state index contributed by atoms with van der Waals surface area (Å²) in [6.45, 7) is 12.1. The third-order valence-corrected chi connectivity index (χ3v) is 13.2. The molecule has 3 heteroatoms. The van der Waals surface area contributed by atoms with Crippen LogP contribution in [0.3, 0.4) is 0 Å². The van der Waals surface area contributed by atoms with E-state index >= 15 is 0 Å². The van der Waals surface area contributed by atoms with E-state index in [0.29, 0.717) is 12.5 Å². The summed E-state index contributed by atoms with van der Waals surface area (Å²) in [6, 6.07) is 21.6. The van der Waals surface area contributed by atoms with Crippen LogP contribution in [-0.2, 0) is 9.22 Å². The highest BCUT2D eigenvalue weighted by molar-refractivity contribution is 6.99. The Morgan fingerprint density at radius 3 is 2.09 bits per heavy atom. The smallest absolute Gasteiger partial charge is 0.261 e. The molecule has 0 amide bonds. The molecule has 2 aromatic rings. The summed E-state index contributed by atoms with van der Waals surface area (Å²) < 4.78 is 7.22. The lowest BCUT2D eigenvalue weighted by molar-refractivity contribution is -0.115. The van der Waals surface area contributed by atoms with Crippen molar-refractivity contribution in [3.05, 3.63) is 72.3 Å². The predicted molar refractivity (Wildman–Crippen MR) is 136 cm³/mol. The molecule has 2 aliphatic rings. The van der Waals surface area contributed by atoms with Crippen molar-refractivity contribution in [1.82, 2.24) is 0 Å². The van der Waals surface area contributed by atoms with Crippen molar-refractivity contribution in [2.45, 2.75) is 58.9 Å². The molecule has 0 N–H and O–H groups in total. The van der Waals surface area contributed by atoms with Gasteiger partial charge < -0.3 is 9.22 Å². The first-order chi connectivity index (χ1) is 15.2. The zero-order valence-electron chi connectivity index (χ0n) is 20.3. The molecule has 0 aromatic heterocycles. The van der Waals surface area contributed by atoms with E-state index in [-0.39, 0.29) is 22.3 Å². The van der Waals surface area contributed by atoms with Gasteiger partial charge in [-0.05, 0) is 51.1 Å². The van der Waals surface area contributed by atoms with E-state index < -0.39 is 8.32 Å². The summed E-state index contributed by atoms with van der Waals surface area (Å²) in [5.74, 6) is 0.818. The zero-order chi connectivity index (χ0) is 23.0. The Labute approximate surface area is 195 Å². The van der Waals surface area contributed by atoms with Gasteiger partial charge in [0.1, 0.15) is 6.29 Å². The van der Waals surface area contributed by atoms with E-state index in [4.69, 9.17) is 4.43 Å². The molecule has 1 fully saturated rings. The van der Waals surface area contributed by atoms with Gasteiger partial charge in [0.05, 0.1) is 6.61 Å². The van der Waals surface area contributed by atoms with Gasteiger partial charge in [0.15, 0.2) is 0 Å². The maximum Gasteiger partial charge on any atom is 0.261 e. The molecule has 4 rings (SSSR count). The number of hydrogen-bond donors (Lipinski definition) is 0. The van der Waals surface area contributed by atoms with Gasteiger partial charge >= 0.3 is 0 Å². The minimum atomic E-state index is -2.58. The van der Waals surface area contributed by atoms with Gasteiger partial charge in [-0.3, -0.25) is 0 Å². The lowest BCUT2D eigenvalue weighted by Gasteiger charge is -2.45. The van der Waals surface area contributed by atoms with Gasteiger partial charge in [0.2, 0.25) is 0 Å². The van der Waals surface area contributed by atoms with Gasteiger partial charge in [-0.2, -0.15) is 0 Å². The molecular weight excluding hydrogens is 408 g/mol. The highest BCUT2D eigenvalue weighted by Gasteiger charge is 2.52. The van der Waals surface area contributed by atoms with E-state index in [1.54, 1.807) is 0 Å². The van der Waals surface area contributed by atoms with E-state index in [1.807, 2.05) is 0 Å². The normalized spacial score (nSPS) is 28.2. The molecule has 0 saturated heterocycles. The second-order valence-corrected chi connectivity index (χ2v) is 15.5. The SMILES string of the molecule is C[C@@H]1C(CO[Si](c2ccccc2)(c2ccccc2)C(C)(C)C)=C[C@@]2(C)CCC[C@H]2[C@@H]1C=O. The number of allylic oxidation sites excluding steroid dienone is 1. The van der Waals surface area contributed by atoms with Crippen LogP contribution in [0.5, 0.6) is 0 Å². The first-order valence-electron chi connectivity index (χ1n) is 12.1. The summed E-state index contributed by atoms with van der Waals surface area (Å²) in [6.07, 6.45) is 7.29. The minimum Gasteiger partial charge on any atom is -0.403 e. The van der Waals surface area contributed by atoms with E-state index in [0.717, 1.165) is 0 Å².